The Morgan fingerprint density at radius 2 is 1.70 bits per heavy atom. The Labute approximate surface area is 163 Å². The normalized spacial score (nSPS) is 12.8. The number of aliphatic imine (C=N–C) groups is 1. The summed E-state index contributed by atoms with van der Waals surface area (Å²) in [6.07, 6.45) is 0. The Hall–Kier alpha value is -2.15. The van der Waals surface area contributed by atoms with Crippen molar-refractivity contribution < 1.29 is 9.18 Å². The zero-order valence-corrected chi connectivity index (χ0v) is 17.5. The molecule has 0 aliphatic carbocycles. The van der Waals surface area contributed by atoms with E-state index in [1.54, 1.807) is 17.0 Å². The highest BCUT2D eigenvalue weighted by molar-refractivity contribution is 5.86. The molecular formula is C20H34FN5O. The van der Waals surface area contributed by atoms with Crippen molar-refractivity contribution in [3.8, 4) is 0 Å². The fraction of sp³-hybridized carbons (Fsp3) is 0.600. The first-order valence-electron chi connectivity index (χ1n) is 9.53. The number of rotatable bonds is 9. The molecule has 0 spiro atoms. The van der Waals surface area contributed by atoms with Crippen LogP contribution in [-0.4, -0.2) is 80.4 Å². The third kappa shape index (κ3) is 7.17. The van der Waals surface area contributed by atoms with Gasteiger partial charge >= 0.3 is 0 Å². The van der Waals surface area contributed by atoms with Crippen molar-refractivity contribution in [1.29, 1.82) is 0 Å². The minimum Gasteiger partial charge on any atom is -0.357 e. The molecule has 1 aromatic carbocycles. The van der Waals surface area contributed by atoms with E-state index in [0.29, 0.717) is 32.1 Å². The fourth-order valence-electron chi connectivity index (χ4n) is 2.85. The van der Waals surface area contributed by atoms with Crippen LogP contribution in [0.2, 0.25) is 0 Å². The SMILES string of the molecule is CCNC(=NCC(c1ccc(F)cc1)N(C)C)N(C)CC(=O)N(CC)CC. The molecule has 1 aromatic rings. The van der Waals surface area contributed by atoms with Gasteiger partial charge in [-0.2, -0.15) is 0 Å². The predicted molar refractivity (Wildman–Crippen MR) is 109 cm³/mol. The zero-order valence-electron chi connectivity index (χ0n) is 17.5. The standard InChI is InChI=1S/C20H34FN5O/c1-7-22-20(25(6)15-19(27)26(8-2)9-3)23-14-18(24(4)5)16-10-12-17(21)13-11-16/h10-13,18H,7-9,14-15H2,1-6H3,(H,22,23). The minimum absolute atomic E-state index is 0.0196. The smallest absolute Gasteiger partial charge is 0.242 e. The molecule has 7 heteroatoms. The summed E-state index contributed by atoms with van der Waals surface area (Å²) >= 11 is 0. The molecule has 0 saturated carbocycles. The zero-order chi connectivity index (χ0) is 20.4. The molecule has 1 rings (SSSR count). The molecule has 1 atom stereocenters. The van der Waals surface area contributed by atoms with Crippen molar-refractivity contribution in [3.05, 3.63) is 35.6 Å². The number of amides is 1. The lowest BCUT2D eigenvalue weighted by atomic mass is 10.1. The van der Waals surface area contributed by atoms with Gasteiger partial charge < -0.3 is 20.0 Å². The van der Waals surface area contributed by atoms with Crippen LogP contribution in [0, 0.1) is 5.82 Å². The summed E-state index contributed by atoms with van der Waals surface area (Å²) in [6, 6.07) is 6.53. The molecule has 152 valence electrons. The van der Waals surface area contributed by atoms with E-state index in [1.165, 1.54) is 12.1 Å². The van der Waals surface area contributed by atoms with E-state index in [1.807, 2.05) is 46.8 Å². The van der Waals surface area contributed by atoms with E-state index >= 15 is 0 Å². The molecule has 0 aliphatic rings. The molecule has 1 unspecified atom stereocenters. The summed E-state index contributed by atoms with van der Waals surface area (Å²) in [4.78, 5) is 22.8. The van der Waals surface area contributed by atoms with Crippen LogP contribution >= 0.6 is 0 Å². The molecule has 6 nitrogen and oxygen atoms in total. The van der Waals surface area contributed by atoms with Gasteiger partial charge in [-0.05, 0) is 52.6 Å². The second-order valence-electron chi connectivity index (χ2n) is 6.65. The molecule has 1 N–H and O–H groups in total. The summed E-state index contributed by atoms with van der Waals surface area (Å²) in [5.41, 5.74) is 1.00. The monoisotopic (exact) mass is 379 g/mol. The van der Waals surface area contributed by atoms with Crippen LogP contribution in [0.25, 0.3) is 0 Å². The van der Waals surface area contributed by atoms with Crippen molar-refractivity contribution in [2.24, 2.45) is 4.99 Å². The van der Waals surface area contributed by atoms with Crippen LogP contribution in [0.15, 0.2) is 29.3 Å². The number of hydrogen-bond acceptors (Lipinski definition) is 3. The molecular weight excluding hydrogens is 345 g/mol. The van der Waals surface area contributed by atoms with Gasteiger partial charge in [0.1, 0.15) is 5.82 Å². The number of guanidine groups is 1. The topological polar surface area (TPSA) is 51.2 Å². The summed E-state index contributed by atoms with van der Waals surface area (Å²) in [5.74, 6) is 0.519. The molecule has 0 bridgehead atoms. The number of nitrogens with zero attached hydrogens (tertiary/aromatic N) is 4. The highest BCUT2D eigenvalue weighted by Gasteiger charge is 2.17. The minimum atomic E-state index is -0.247. The van der Waals surface area contributed by atoms with E-state index in [0.717, 1.165) is 5.56 Å². The highest BCUT2D eigenvalue weighted by atomic mass is 19.1. The van der Waals surface area contributed by atoms with E-state index in [9.17, 15) is 9.18 Å². The maximum absolute atomic E-state index is 13.2. The van der Waals surface area contributed by atoms with Crippen LogP contribution in [-0.2, 0) is 4.79 Å². The largest absolute Gasteiger partial charge is 0.357 e. The van der Waals surface area contributed by atoms with Gasteiger partial charge in [0.05, 0.1) is 19.1 Å². The van der Waals surface area contributed by atoms with Crippen molar-refractivity contribution in [2.75, 3.05) is 53.9 Å². The van der Waals surface area contributed by atoms with Gasteiger partial charge in [-0.3, -0.25) is 9.79 Å². The highest BCUT2D eigenvalue weighted by Crippen LogP contribution is 2.19. The lowest BCUT2D eigenvalue weighted by Crippen LogP contribution is -2.46. The van der Waals surface area contributed by atoms with Gasteiger partial charge in [-0.15, -0.1) is 0 Å². The van der Waals surface area contributed by atoms with E-state index in [-0.39, 0.29) is 24.3 Å². The van der Waals surface area contributed by atoms with Gasteiger partial charge in [0, 0.05) is 26.7 Å². The van der Waals surface area contributed by atoms with Crippen molar-refractivity contribution in [1.82, 2.24) is 20.0 Å². The summed E-state index contributed by atoms with van der Waals surface area (Å²) in [6.45, 7) is 8.84. The van der Waals surface area contributed by atoms with Gasteiger partial charge in [0.2, 0.25) is 5.91 Å². The van der Waals surface area contributed by atoms with Crippen LogP contribution in [0.5, 0.6) is 0 Å². The fourth-order valence-corrected chi connectivity index (χ4v) is 2.85. The van der Waals surface area contributed by atoms with Gasteiger partial charge in [-0.1, -0.05) is 12.1 Å². The summed E-state index contributed by atoms with van der Waals surface area (Å²) in [7, 11) is 5.82. The van der Waals surface area contributed by atoms with E-state index < -0.39 is 0 Å². The van der Waals surface area contributed by atoms with E-state index in [4.69, 9.17) is 4.99 Å². The predicted octanol–water partition coefficient (Wildman–Crippen LogP) is 2.19. The van der Waals surface area contributed by atoms with Gasteiger partial charge in [0.15, 0.2) is 5.96 Å². The van der Waals surface area contributed by atoms with Crippen LogP contribution in [0.1, 0.15) is 32.4 Å². The van der Waals surface area contributed by atoms with Gasteiger partial charge in [0.25, 0.3) is 0 Å². The number of likely N-dealkylation sites (N-methyl/N-ethyl adjacent to an activating group) is 3. The summed E-state index contributed by atoms with van der Waals surface area (Å²) < 4.78 is 13.2. The molecule has 0 fully saturated rings. The Morgan fingerprint density at radius 1 is 1.11 bits per heavy atom. The first-order chi connectivity index (χ1) is 12.8. The average Bonchev–Trinajstić information content (AvgIpc) is 2.63. The molecule has 0 aliphatic heterocycles. The first kappa shape index (κ1) is 22.9. The Morgan fingerprint density at radius 3 is 2.19 bits per heavy atom. The average molecular weight is 380 g/mol. The van der Waals surface area contributed by atoms with Crippen molar-refractivity contribution in [2.45, 2.75) is 26.8 Å². The number of halogens is 1. The van der Waals surface area contributed by atoms with Crippen molar-refractivity contribution >= 4 is 11.9 Å². The third-order valence-corrected chi connectivity index (χ3v) is 4.48. The lowest BCUT2D eigenvalue weighted by molar-refractivity contribution is -0.131. The second kappa shape index (κ2) is 11.5. The lowest BCUT2D eigenvalue weighted by Gasteiger charge is -2.27. The Kier molecular flexibility index (Phi) is 9.78. The Balaban J connectivity index is 2.91. The number of benzene rings is 1. The quantitative estimate of drug-likeness (QED) is 0.528. The third-order valence-electron chi connectivity index (χ3n) is 4.48. The second-order valence-corrected chi connectivity index (χ2v) is 6.65. The van der Waals surface area contributed by atoms with Gasteiger partial charge in [-0.25, -0.2) is 4.39 Å². The molecule has 1 amide bonds. The molecule has 27 heavy (non-hydrogen) atoms. The van der Waals surface area contributed by atoms with E-state index in [2.05, 4.69) is 10.2 Å². The maximum atomic E-state index is 13.2. The van der Waals surface area contributed by atoms with Crippen LogP contribution in [0.3, 0.4) is 0 Å². The number of nitrogens with one attached hydrogen (secondary N) is 1. The maximum Gasteiger partial charge on any atom is 0.242 e. The molecule has 0 saturated heterocycles. The van der Waals surface area contributed by atoms with Crippen LogP contribution in [0.4, 0.5) is 4.39 Å². The van der Waals surface area contributed by atoms with Crippen molar-refractivity contribution in [3.63, 3.8) is 0 Å². The first-order valence-corrected chi connectivity index (χ1v) is 9.53. The molecule has 0 heterocycles. The molecule has 0 aromatic heterocycles. The number of carbonyl (C=O) groups excluding carboxylic acids is 1. The summed E-state index contributed by atoms with van der Waals surface area (Å²) in [5, 5.41) is 3.24. The molecule has 0 radical (unpaired) electrons. The Bertz CT molecular complexity index is 599. The number of carbonyl (C=O) groups is 1. The number of hydrogen-bond donors (Lipinski definition) is 1. The van der Waals surface area contributed by atoms with Crippen LogP contribution < -0.4 is 5.32 Å².